The highest BCUT2D eigenvalue weighted by Crippen LogP contribution is 2.26. The summed E-state index contributed by atoms with van der Waals surface area (Å²) >= 11 is 0. The van der Waals surface area contributed by atoms with Crippen LogP contribution in [0.1, 0.15) is 35.2 Å². The lowest BCUT2D eigenvalue weighted by atomic mass is 10.0. The second kappa shape index (κ2) is 11.0. The Morgan fingerprint density at radius 1 is 1.04 bits per heavy atom. The van der Waals surface area contributed by atoms with Gasteiger partial charge in [0.25, 0.3) is 0 Å². The van der Waals surface area contributed by atoms with E-state index < -0.39 is 0 Å². The number of hydrogen-bond donors (Lipinski definition) is 2. The maximum atomic E-state index is 5.49. The molecular weight excluding hydrogens is 453 g/mol. The Morgan fingerprint density at radius 2 is 1.78 bits per heavy atom. The first kappa shape index (κ1) is 23.1. The third-order valence-electron chi connectivity index (χ3n) is 4.23. The first-order valence-corrected chi connectivity index (χ1v) is 8.73. The summed E-state index contributed by atoms with van der Waals surface area (Å²) < 4.78 is 10.8. The number of aryl methyl sites for hydroxylation is 2. The minimum Gasteiger partial charge on any atom is -0.497 e. The SMILES string of the molecule is CN=C(NCc1cc(C)cc(OC)c1)NC(C)c1cc(C)ccc1OC.I. The Morgan fingerprint density at radius 3 is 2.41 bits per heavy atom. The zero-order chi connectivity index (χ0) is 19.1. The van der Waals surface area contributed by atoms with Crippen molar-refractivity contribution >= 4 is 29.9 Å². The van der Waals surface area contributed by atoms with E-state index in [9.17, 15) is 0 Å². The van der Waals surface area contributed by atoms with E-state index in [1.165, 1.54) is 11.1 Å². The lowest BCUT2D eigenvalue weighted by molar-refractivity contribution is 0.405. The third-order valence-corrected chi connectivity index (χ3v) is 4.23. The summed E-state index contributed by atoms with van der Waals surface area (Å²) in [5, 5.41) is 6.79. The van der Waals surface area contributed by atoms with Gasteiger partial charge in [0.15, 0.2) is 5.96 Å². The highest BCUT2D eigenvalue weighted by molar-refractivity contribution is 14.0. The van der Waals surface area contributed by atoms with E-state index >= 15 is 0 Å². The first-order valence-electron chi connectivity index (χ1n) is 8.73. The van der Waals surface area contributed by atoms with Gasteiger partial charge in [-0.2, -0.15) is 0 Å². The van der Waals surface area contributed by atoms with E-state index in [0.717, 1.165) is 28.6 Å². The smallest absolute Gasteiger partial charge is 0.191 e. The molecule has 0 spiro atoms. The predicted molar refractivity (Wildman–Crippen MR) is 123 cm³/mol. The molecule has 5 nitrogen and oxygen atoms in total. The van der Waals surface area contributed by atoms with Crippen LogP contribution >= 0.6 is 24.0 Å². The molecule has 0 saturated carbocycles. The summed E-state index contributed by atoms with van der Waals surface area (Å²) in [4.78, 5) is 4.33. The molecule has 0 aliphatic heterocycles. The fourth-order valence-corrected chi connectivity index (χ4v) is 2.90. The van der Waals surface area contributed by atoms with E-state index in [4.69, 9.17) is 9.47 Å². The van der Waals surface area contributed by atoms with Crippen molar-refractivity contribution in [2.45, 2.75) is 33.4 Å². The summed E-state index contributed by atoms with van der Waals surface area (Å²) in [5.74, 6) is 2.47. The van der Waals surface area contributed by atoms with Crippen LogP contribution in [-0.2, 0) is 6.54 Å². The molecular formula is C21H30IN3O2. The van der Waals surface area contributed by atoms with Gasteiger partial charge in [0.05, 0.1) is 20.3 Å². The van der Waals surface area contributed by atoms with Crippen molar-refractivity contribution in [3.8, 4) is 11.5 Å². The van der Waals surface area contributed by atoms with Gasteiger partial charge >= 0.3 is 0 Å². The number of hydrogen-bond acceptors (Lipinski definition) is 3. The highest BCUT2D eigenvalue weighted by Gasteiger charge is 2.13. The molecule has 2 aromatic carbocycles. The molecule has 1 atom stereocenters. The number of aliphatic imine (C=N–C) groups is 1. The zero-order valence-electron chi connectivity index (χ0n) is 16.9. The second-order valence-electron chi connectivity index (χ2n) is 6.40. The normalized spacial score (nSPS) is 12.0. The minimum atomic E-state index is 0. The molecule has 6 heteroatoms. The molecule has 0 radical (unpaired) electrons. The molecule has 0 aliphatic rings. The lowest BCUT2D eigenvalue weighted by Crippen LogP contribution is -2.38. The summed E-state index contributed by atoms with van der Waals surface area (Å²) in [6.07, 6.45) is 0. The van der Waals surface area contributed by atoms with Crippen molar-refractivity contribution in [3.05, 3.63) is 58.7 Å². The quantitative estimate of drug-likeness (QED) is 0.364. The number of halogens is 1. The Bertz CT molecular complexity index is 778. The first-order chi connectivity index (χ1) is 12.5. The van der Waals surface area contributed by atoms with Crippen LogP contribution in [0.15, 0.2) is 41.4 Å². The monoisotopic (exact) mass is 483 g/mol. The predicted octanol–water partition coefficient (Wildman–Crippen LogP) is 4.36. The van der Waals surface area contributed by atoms with Crippen LogP contribution in [0.25, 0.3) is 0 Å². The number of rotatable bonds is 6. The molecule has 0 saturated heterocycles. The maximum absolute atomic E-state index is 5.49. The second-order valence-corrected chi connectivity index (χ2v) is 6.40. The van der Waals surface area contributed by atoms with Gasteiger partial charge in [-0.1, -0.05) is 23.8 Å². The summed E-state index contributed by atoms with van der Waals surface area (Å²) in [5.41, 5.74) is 4.62. The van der Waals surface area contributed by atoms with Crippen LogP contribution in [0.3, 0.4) is 0 Å². The van der Waals surface area contributed by atoms with Gasteiger partial charge < -0.3 is 20.1 Å². The molecule has 27 heavy (non-hydrogen) atoms. The Labute approximate surface area is 179 Å². The Hall–Kier alpha value is -1.96. The molecule has 2 aromatic rings. The molecule has 0 fully saturated rings. The van der Waals surface area contributed by atoms with Gasteiger partial charge in [0.1, 0.15) is 11.5 Å². The largest absolute Gasteiger partial charge is 0.497 e. The summed E-state index contributed by atoms with van der Waals surface area (Å²) in [6.45, 7) is 6.90. The maximum Gasteiger partial charge on any atom is 0.191 e. The van der Waals surface area contributed by atoms with Crippen LogP contribution in [0, 0.1) is 13.8 Å². The summed E-state index contributed by atoms with van der Waals surface area (Å²) in [7, 11) is 5.15. The topological polar surface area (TPSA) is 54.9 Å². The molecule has 0 bridgehead atoms. The number of guanidine groups is 1. The van der Waals surface area contributed by atoms with Crippen molar-refractivity contribution < 1.29 is 9.47 Å². The van der Waals surface area contributed by atoms with E-state index in [2.05, 4.69) is 48.5 Å². The molecule has 0 heterocycles. The van der Waals surface area contributed by atoms with Crippen LogP contribution < -0.4 is 20.1 Å². The number of nitrogens with zero attached hydrogens (tertiary/aromatic N) is 1. The van der Waals surface area contributed by atoms with Crippen LogP contribution in [-0.4, -0.2) is 27.2 Å². The lowest BCUT2D eigenvalue weighted by Gasteiger charge is -2.21. The van der Waals surface area contributed by atoms with Crippen molar-refractivity contribution in [1.29, 1.82) is 0 Å². The average molecular weight is 483 g/mol. The van der Waals surface area contributed by atoms with Crippen molar-refractivity contribution in [1.82, 2.24) is 10.6 Å². The van der Waals surface area contributed by atoms with Gasteiger partial charge in [-0.15, -0.1) is 24.0 Å². The van der Waals surface area contributed by atoms with E-state index in [1.807, 2.05) is 24.3 Å². The van der Waals surface area contributed by atoms with E-state index in [0.29, 0.717) is 6.54 Å². The fourth-order valence-electron chi connectivity index (χ4n) is 2.90. The van der Waals surface area contributed by atoms with E-state index in [-0.39, 0.29) is 30.0 Å². The van der Waals surface area contributed by atoms with Gasteiger partial charge in [0.2, 0.25) is 0 Å². The number of nitrogens with one attached hydrogen (secondary N) is 2. The molecule has 2 N–H and O–H groups in total. The van der Waals surface area contributed by atoms with Crippen LogP contribution in [0.5, 0.6) is 11.5 Å². The molecule has 0 amide bonds. The Kier molecular flexibility index (Phi) is 9.41. The van der Waals surface area contributed by atoms with Gasteiger partial charge in [-0.05, 0) is 50.1 Å². The number of benzene rings is 2. The van der Waals surface area contributed by atoms with Gasteiger partial charge in [0, 0.05) is 19.2 Å². The van der Waals surface area contributed by atoms with Crippen molar-refractivity contribution in [2.24, 2.45) is 4.99 Å². The Balaban J connectivity index is 0.00000364. The fraction of sp³-hybridized carbons (Fsp3) is 0.381. The third kappa shape index (κ3) is 6.61. The highest BCUT2D eigenvalue weighted by atomic mass is 127. The molecule has 1 unspecified atom stereocenters. The van der Waals surface area contributed by atoms with Crippen molar-refractivity contribution in [3.63, 3.8) is 0 Å². The zero-order valence-corrected chi connectivity index (χ0v) is 19.3. The van der Waals surface area contributed by atoms with Gasteiger partial charge in [-0.3, -0.25) is 4.99 Å². The molecule has 0 aliphatic carbocycles. The number of ether oxygens (including phenoxy) is 2. The minimum absolute atomic E-state index is 0. The van der Waals surface area contributed by atoms with E-state index in [1.54, 1.807) is 21.3 Å². The molecule has 148 valence electrons. The van der Waals surface area contributed by atoms with Crippen LogP contribution in [0.4, 0.5) is 0 Å². The standard InChI is InChI=1S/C21H29N3O2.HI/c1-14-7-8-20(26-6)19(11-14)16(3)24-21(22-4)23-13-17-9-15(2)10-18(12-17)25-5;/h7-12,16H,13H2,1-6H3,(H2,22,23,24);1H. The molecule has 0 aromatic heterocycles. The molecule has 2 rings (SSSR count). The van der Waals surface area contributed by atoms with Crippen molar-refractivity contribution in [2.75, 3.05) is 21.3 Å². The van der Waals surface area contributed by atoms with Gasteiger partial charge in [-0.25, -0.2) is 0 Å². The van der Waals surface area contributed by atoms with Crippen LogP contribution in [0.2, 0.25) is 0 Å². The average Bonchev–Trinajstić information content (AvgIpc) is 2.64. The summed E-state index contributed by atoms with van der Waals surface area (Å²) in [6, 6.07) is 12.4. The number of methoxy groups -OCH3 is 2.